The molecule has 170 valence electrons. The molecule has 0 saturated carbocycles. The van der Waals surface area contributed by atoms with Crippen LogP contribution in [0.25, 0.3) is 0 Å². The summed E-state index contributed by atoms with van der Waals surface area (Å²) in [5.74, 6) is -0.148. The first-order valence-electron chi connectivity index (χ1n) is 11.0. The highest BCUT2D eigenvalue weighted by Gasteiger charge is 2.48. The highest BCUT2D eigenvalue weighted by Crippen LogP contribution is 2.44. The van der Waals surface area contributed by atoms with Crippen molar-refractivity contribution in [2.75, 3.05) is 20.1 Å². The van der Waals surface area contributed by atoms with Crippen LogP contribution in [0.4, 0.5) is 4.79 Å². The van der Waals surface area contributed by atoms with Gasteiger partial charge in [-0.25, -0.2) is 9.59 Å². The van der Waals surface area contributed by atoms with Crippen molar-refractivity contribution in [3.63, 3.8) is 0 Å². The lowest BCUT2D eigenvalue weighted by molar-refractivity contribution is -0.141. The van der Waals surface area contributed by atoms with Crippen LogP contribution in [0.15, 0.2) is 24.3 Å². The smallest absolute Gasteiger partial charge is 0.410 e. The van der Waals surface area contributed by atoms with Gasteiger partial charge in [-0.05, 0) is 39.2 Å². The van der Waals surface area contributed by atoms with Crippen LogP contribution in [0.5, 0.6) is 0 Å². The molecule has 31 heavy (non-hydrogen) atoms. The van der Waals surface area contributed by atoms with Crippen LogP contribution in [-0.4, -0.2) is 59.5 Å². The fraction of sp³-hybridized carbons (Fsp3) is 0.625. The van der Waals surface area contributed by atoms with Gasteiger partial charge in [0.15, 0.2) is 0 Å². The molecule has 7 heteroatoms. The SMILES string of the molecule is CC(C)CC(C(=O)N1CCC2(CC1)OC(=O)c1ccccc12)N(C)C(=O)OC(C)(C)C. The molecular formula is C24H34N2O5. The van der Waals surface area contributed by atoms with E-state index in [4.69, 9.17) is 9.47 Å². The van der Waals surface area contributed by atoms with Crippen molar-refractivity contribution in [2.24, 2.45) is 5.92 Å². The monoisotopic (exact) mass is 430 g/mol. The van der Waals surface area contributed by atoms with Crippen LogP contribution in [0, 0.1) is 5.92 Å². The number of amides is 2. The lowest BCUT2D eigenvalue weighted by Gasteiger charge is -2.41. The molecule has 1 aromatic carbocycles. The summed E-state index contributed by atoms with van der Waals surface area (Å²) in [7, 11) is 1.62. The molecule has 2 aliphatic rings. The van der Waals surface area contributed by atoms with Crippen LogP contribution < -0.4 is 0 Å². The summed E-state index contributed by atoms with van der Waals surface area (Å²) in [5, 5.41) is 0. The summed E-state index contributed by atoms with van der Waals surface area (Å²) in [6, 6.07) is 6.88. The number of nitrogens with zero attached hydrogens (tertiary/aromatic N) is 2. The van der Waals surface area contributed by atoms with Crippen LogP contribution in [0.2, 0.25) is 0 Å². The zero-order valence-corrected chi connectivity index (χ0v) is 19.4. The van der Waals surface area contributed by atoms with Gasteiger partial charge in [0.25, 0.3) is 0 Å². The molecule has 0 bridgehead atoms. The maximum atomic E-state index is 13.4. The predicted molar refractivity (Wildman–Crippen MR) is 117 cm³/mol. The molecule has 7 nitrogen and oxygen atoms in total. The van der Waals surface area contributed by atoms with Gasteiger partial charge >= 0.3 is 12.1 Å². The fourth-order valence-corrected chi connectivity index (χ4v) is 4.35. The summed E-state index contributed by atoms with van der Waals surface area (Å²) >= 11 is 0. The average Bonchev–Trinajstić information content (AvgIpc) is 2.96. The molecule has 1 spiro atoms. The summed E-state index contributed by atoms with van der Waals surface area (Å²) in [6.07, 6.45) is 1.14. The number of hydrogen-bond acceptors (Lipinski definition) is 5. The Hall–Kier alpha value is -2.57. The molecule has 1 aromatic rings. The average molecular weight is 431 g/mol. The number of carbonyl (C=O) groups excluding carboxylic acids is 3. The molecule has 2 amide bonds. The van der Waals surface area contributed by atoms with Crippen molar-refractivity contribution in [1.82, 2.24) is 9.80 Å². The van der Waals surface area contributed by atoms with E-state index < -0.39 is 23.3 Å². The van der Waals surface area contributed by atoms with E-state index >= 15 is 0 Å². The second-order valence-electron chi connectivity index (χ2n) is 9.99. The van der Waals surface area contributed by atoms with Gasteiger partial charge in [-0.15, -0.1) is 0 Å². The number of likely N-dealkylation sites (N-methyl/N-ethyl adjacent to an activating group) is 1. The molecular weight excluding hydrogens is 396 g/mol. The number of hydrogen-bond donors (Lipinski definition) is 0. The normalized spacial score (nSPS) is 18.5. The number of likely N-dealkylation sites (tertiary alicyclic amines) is 1. The van der Waals surface area contributed by atoms with Gasteiger partial charge in [-0.3, -0.25) is 9.69 Å². The van der Waals surface area contributed by atoms with E-state index in [1.54, 1.807) is 18.0 Å². The second-order valence-corrected chi connectivity index (χ2v) is 9.99. The standard InChI is InChI=1S/C24H34N2O5/c1-16(2)15-19(25(6)22(29)31-23(3,4)5)20(27)26-13-11-24(12-14-26)18-10-8-7-9-17(18)21(28)30-24/h7-10,16,19H,11-15H2,1-6H3. The maximum Gasteiger partial charge on any atom is 0.410 e. The number of ether oxygens (including phenoxy) is 2. The lowest BCUT2D eigenvalue weighted by atomic mass is 9.83. The van der Waals surface area contributed by atoms with E-state index in [0.717, 1.165) is 5.56 Å². The number of rotatable bonds is 4. The molecule has 1 unspecified atom stereocenters. The van der Waals surface area contributed by atoms with Gasteiger partial charge in [0.05, 0.1) is 5.56 Å². The van der Waals surface area contributed by atoms with E-state index in [1.807, 2.05) is 52.8 Å². The predicted octanol–water partition coefficient (Wildman–Crippen LogP) is 3.96. The zero-order chi connectivity index (χ0) is 23.0. The number of esters is 1. The highest BCUT2D eigenvalue weighted by atomic mass is 16.6. The number of carbonyl (C=O) groups is 3. The lowest BCUT2D eigenvalue weighted by Crippen LogP contribution is -2.54. The van der Waals surface area contributed by atoms with Gasteiger partial charge in [-0.1, -0.05) is 32.0 Å². The van der Waals surface area contributed by atoms with Crippen molar-refractivity contribution >= 4 is 18.0 Å². The van der Waals surface area contributed by atoms with Crippen molar-refractivity contribution in [3.05, 3.63) is 35.4 Å². The molecule has 1 atom stereocenters. The van der Waals surface area contributed by atoms with Crippen LogP contribution in [-0.2, 0) is 19.9 Å². The molecule has 2 heterocycles. The minimum absolute atomic E-state index is 0.0884. The van der Waals surface area contributed by atoms with Crippen molar-refractivity contribution in [3.8, 4) is 0 Å². The third-order valence-electron chi connectivity index (χ3n) is 5.94. The quantitative estimate of drug-likeness (QED) is 0.676. The molecule has 0 aromatic heterocycles. The van der Waals surface area contributed by atoms with Crippen LogP contribution in [0.3, 0.4) is 0 Å². The number of piperidine rings is 1. The molecule has 0 N–H and O–H groups in total. The van der Waals surface area contributed by atoms with Crippen molar-refractivity contribution < 1.29 is 23.9 Å². The van der Waals surface area contributed by atoms with Gasteiger partial charge in [-0.2, -0.15) is 0 Å². The van der Waals surface area contributed by atoms with E-state index in [1.165, 1.54) is 4.90 Å². The summed E-state index contributed by atoms with van der Waals surface area (Å²) in [5.41, 5.74) is 0.240. The largest absolute Gasteiger partial charge is 0.450 e. The van der Waals surface area contributed by atoms with Gasteiger partial charge < -0.3 is 14.4 Å². The first-order valence-corrected chi connectivity index (χ1v) is 11.0. The van der Waals surface area contributed by atoms with E-state index in [0.29, 0.717) is 37.9 Å². The van der Waals surface area contributed by atoms with Gasteiger partial charge in [0.2, 0.25) is 5.91 Å². The Morgan fingerprint density at radius 3 is 2.39 bits per heavy atom. The molecule has 0 radical (unpaired) electrons. The Bertz CT molecular complexity index is 850. The Balaban J connectivity index is 1.73. The summed E-state index contributed by atoms with van der Waals surface area (Å²) in [4.78, 5) is 41.6. The Morgan fingerprint density at radius 1 is 1.19 bits per heavy atom. The minimum Gasteiger partial charge on any atom is -0.450 e. The van der Waals surface area contributed by atoms with E-state index in [2.05, 4.69) is 0 Å². The third-order valence-corrected chi connectivity index (χ3v) is 5.94. The van der Waals surface area contributed by atoms with Gasteiger partial charge in [0, 0.05) is 38.5 Å². The summed E-state index contributed by atoms with van der Waals surface area (Å²) in [6.45, 7) is 10.4. The van der Waals surface area contributed by atoms with Crippen molar-refractivity contribution in [1.29, 1.82) is 0 Å². The van der Waals surface area contributed by atoms with E-state index in [-0.39, 0.29) is 17.8 Å². The second kappa shape index (κ2) is 8.52. The Kier molecular flexibility index (Phi) is 6.35. The first kappa shape index (κ1) is 23.1. The zero-order valence-electron chi connectivity index (χ0n) is 19.4. The maximum absolute atomic E-state index is 13.4. The van der Waals surface area contributed by atoms with E-state index in [9.17, 15) is 14.4 Å². The molecule has 2 aliphatic heterocycles. The minimum atomic E-state index is -0.658. The highest BCUT2D eigenvalue weighted by molar-refractivity contribution is 5.94. The molecule has 1 saturated heterocycles. The van der Waals surface area contributed by atoms with Gasteiger partial charge in [0.1, 0.15) is 17.2 Å². The number of benzene rings is 1. The molecule has 1 fully saturated rings. The summed E-state index contributed by atoms with van der Waals surface area (Å²) < 4.78 is 11.3. The molecule has 3 rings (SSSR count). The van der Waals surface area contributed by atoms with Crippen LogP contribution in [0.1, 0.15) is 69.8 Å². The Labute approximate surface area is 184 Å². The van der Waals surface area contributed by atoms with Crippen LogP contribution >= 0.6 is 0 Å². The third kappa shape index (κ3) is 4.86. The Morgan fingerprint density at radius 2 is 1.81 bits per heavy atom. The number of fused-ring (bicyclic) bond motifs is 2. The first-order chi connectivity index (χ1) is 14.4. The van der Waals surface area contributed by atoms with Crippen molar-refractivity contribution in [2.45, 2.75) is 71.1 Å². The molecule has 0 aliphatic carbocycles. The topological polar surface area (TPSA) is 76.2 Å². The fourth-order valence-electron chi connectivity index (χ4n) is 4.35.